The van der Waals surface area contributed by atoms with Crippen LogP contribution in [-0.2, 0) is 28.4 Å². The van der Waals surface area contributed by atoms with Crippen molar-refractivity contribution in [3.63, 3.8) is 0 Å². The first-order valence-electron chi connectivity index (χ1n) is 14.6. The number of ether oxygens (including phenoxy) is 4. The van der Waals surface area contributed by atoms with E-state index in [0.29, 0.717) is 36.8 Å². The van der Waals surface area contributed by atoms with E-state index in [1.807, 2.05) is 12.1 Å². The molecule has 0 radical (unpaired) electrons. The average Bonchev–Trinajstić information content (AvgIpc) is 3.57. The molecule has 1 saturated heterocycles. The van der Waals surface area contributed by atoms with Crippen LogP contribution in [0.15, 0.2) is 54.6 Å². The predicted molar refractivity (Wildman–Crippen MR) is 163 cm³/mol. The number of piperidine rings is 1. The zero-order valence-electron chi connectivity index (χ0n) is 25.4. The number of hydrogen-bond acceptors (Lipinski definition) is 8. The van der Waals surface area contributed by atoms with Crippen LogP contribution in [0.25, 0.3) is 11.0 Å². The number of halogens is 1. The van der Waals surface area contributed by atoms with E-state index >= 15 is 0 Å². The number of benzene rings is 3. The Labute approximate surface area is 259 Å². The Kier molecular flexibility index (Phi) is 9.54. The van der Waals surface area contributed by atoms with Crippen LogP contribution in [0.4, 0.5) is 4.39 Å². The van der Waals surface area contributed by atoms with Crippen molar-refractivity contribution in [2.75, 3.05) is 33.9 Å². The van der Waals surface area contributed by atoms with Gasteiger partial charge in [0.1, 0.15) is 5.82 Å². The molecule has 0 bridgehead atoms. The number of imidazole rings is 1. The van der Waals surface area contributed by atoms with Gasteiger partial charge in [-0.3, -0.25) is 9.69 Å². The Balaban J connectivity index is 0.00000128. The maximum Gasteiger partial charge on any atom is 0.335 e. The fourth-order valence-electron chi connectivity index (χ4n) is 6.00. The van der Waals surface area contributed by atoms with Gasteiger partial charge in [0.15, 0.2) is 23.1 Å². The number of rotatable bonds is 9. The number of likely N-dealkylation sites (tertiary alicyclic amines) is 1. The maximum absolute atomic E-state index is 14.5. The number of nitrogens with zero attached hydrogens (tertiary/aromatic N) is 3. The molecule has 11 nitrogen and oxygen atoms in total. The molecule has 0 amide bonds. The van der Waals surface area contributed by atoms with Crippen LogP contribution >= 0.6 is 0 Å². The summed E-state index contributed by atoms with van der Waals surface area (Å²) in [6.07, 6.45) is 1.85. The second-order valence-electron chi connectivity index (χ2n) is 11.0. The summed E-state index contributed by atoms with van der Waals surface area (Å²) >= 11 is 0. The average molecular weight is 622 g/mol. The lowest BCUT2D eigenvalue weighted by atomic mass is 9.88. The van der Waals surface area contributed by atoms with Crippen LogP contribution in [-0.4, -0.2) is 71.0 Å². The number of carboxylic acid groups (broad SMARTS) is 2. The van der Waals surface area contributed by atoms with Crippen molar-refractivity contribution in [3.05, 3.63) is 82.9 Å². The van der Waals surface area contributed by atoms with Gasteiger partial charge >= 0.3 is 5.97 Å². The molecule has 0 aliphatic carbocycles. The normalized spacial score (nSPS) is 18.0. The molecule has 3 aromatic carbocycles. The van der Waals surface area contributed by atoms with Gasteiger partial charge in [-0.05, 0) is 74.3 Å². The van der Waals surface area contributed by atoms with E-state index in [-0.39, 0.29) is 23.7 Å². The fraction of sp³-hybridized carbons (Fsp3) is 0.364. The van der Waals surface area contributed by atoms with Crippen LogP contribution in [0.5, 0.6) is 17.2 Å². The van der Waals surface area contributed by atoms with Gasteiger partial charge < -0.3 is 33.7 Å². The molecule has 2 N–H and O–H groups in total. The SMILES string of the molecule is COCCn1c(CN2CCC(c3cccc4c3OC(C)(c3ccc(OC)c(F)c3)O4)CC2)nc2ccc(C(=O)O)cc21.O=CO. The maximum atomic E-state index is 14.5. The van der Waals surface area contributed by atoms with Gasteiger partial charge in [0, 0.05) is 31.7 Å². The highest BCUT2D eigenvalue weighted by atomic mass is 19.1. The lowest BCUT2D eigenvalue weighted by Crippen LogP contribution is -2.34. The van der Waals surface area contributed by atoms with E-state index < -0.39 is 17.6 Å². The Morgan fingerprint density at radius 2 is 1.89 bits per heavy atom. The molecule has 4 aromatic rings. The highest BCUT2D eigenvalue weighted by Crippen LogP contribution is 2.49. The second kappa shape index (κ2) is 13.5. The Hall–Kier alpha value is -4.68. The van der Waals surface area contributed by atoms with Crippen LogP contribution in [0.1, 0.15) is 53.0 Å². The number of fused-ring (bicyclic) bond motifs is 2. The van der Waals surface area contributed by atoms with Crippen molar-refractivity contribution in [2.45, 2.75) is 44.6 Å². The first-order chi connectivity index (χ1) is 21.7. The molecule has 12 heteroatoms. The summed E-state index contributed by atoms with van der Waals surface area (Å²) in [4.78, 5) is 27.1. The van der Waals surface area contributed by atoms with Crippen molar-refractivity contribution >= 4 is 23.5 Å². The van der Waals surface area contributed by atoms with E-state index in [4.69, 9.17) is 33.8 Å². The Morgan fingerprint density at radius 1 is 1.13 bits per heavy atom. The lowest BCUT2D eigenvalue weighted by Gasteiger charge is -2.32. The number of aromatic nitrogens is 2. The van der Waals surface area contributed by atoms with Crippen LogP contribution in [0.2, 0.25) is 0 Å². The highest BCUT2D eigenvalue weighted by molar-refractivity contribution is 5.92. The smallest absolute Gasteiger partial charge is 0.335 e. The summed E-state index contributed by atoms with van der Waals surface area (Å²) in [6, 6.07) is 15.7. The van der Waals surface area contributed by atoms with Gasteiger partial charge in [0.25, 0.3) is 12.3 Å². The molecule has 238 valence electrons. The standard InChI is InChI=1S/C32H34FN3O6.CH2O2/c1-32(22-8-10-27(40-3)24(33)18-22)41-28-6-4-5-23(30(28)42-32)20-11-13-35(14-12-20)19-29-34-25-9-7-21(31(37)38)17-26(25)36(29)15-16-39-2;2-1-3/h4-10,17-18,20H,11-16,19H2,1-3H3,(H,37,38);1H,(H,2,3). The minimum Gasteiger partial charge on any atom is -0.494 e. The summed E-state index contributed by atoms with van der Waals surface area (Å²) in [5, 5.41) is 16.4. The van der Waals surface area contributed by atoms with Crippen molar-refractivity contribution < 1.29 is 43.1 Å². The summed E-state index contributed by atoms with van der Waals surface area (Å²) < 4.78 is 39.6. The number of carbonyl (C=O) groups is 2. The summed E-state index contributed by atoms with van der Waals surface area (Å²) in [5.74, 6) is 0.135. The monoisotopic (exact) mass is 621 g/mol. The van der Waals surface area contributed by atoms with Gasteiger partial charge in [-0.1, -0.05) is 12.1 Å². The van der Waals surface area contributed by atoms with E-state index in [1.165, 1.54) is 13.2 Å². The molecular weight excluding hydrogens is 585 g/mol. The topological polar surface area (TPSA) is 133 Å². The van der Waals surface area contributed by atoms with Crippen LogP contribution < -0.4 is 14.2 Å². The molecule has 45 heavy (non-hydrogen) atoms. The molecule has 2 aliphatic heterocycles. The quantitative estimate of drug-likeness (QED) is 0.239. The second-order valence-corrected chi connectivity index (χ2v) is 11.0. The van der Waals surface area contributed by atoms with E-state index in [0.717, 1.165) is 48.4 Å². The van der Waals surface area contributed by atoms with Gasteiger partial charge in [0.05, 0.1) is 36.9 Å². The third-order valence-electron chi connectivity index (χ3n) is 8.27. The molecular formula is C33H36FN3O8. The molecule has 3 heterocycles. The number of para-hydroxylation sites is 1. The number of aromatic carboxylic acids is 1. The van der Waals surface area contributed by atoms with E-state index in [1.54, 1.807) is 44.4 Å². The first-order valence-corrected chi connectivity index (χ1v) is 14.6. The number of hydrogen-bond donors (Lipinski definition) is 2. The summed E-state index contributed by atoms with van der Waals surface area (Å²) in [7, 11) is 3.09. The minimum absolute atomic E-state index is 0.171. The molecule has 1 aromatic heterocycles. The predicted octanol–water partition coefficient (Wildman–Crippen LogP) is 5.25. The molecule has 6 rings (SSSR count). The lowest BCUT2D eigenvalue weighted by molar-refractivity contribution is -0.122. The van der Waals surface area contributed by atoms with Gasteiger partial charge in [-0.25, -0.2) is 14.2 Å². The molecule has 0 spiro atoms. The highest BCUT2D eigenvalue weighted by Gasteiger charge is 2.41. The van der Waals surface area contributed by atoms with Crippen molar-refractivity contribution in [1.29, 1.82) is 0 Å². The van der Waals surface area contributed by atoms with Crippen molar-refractivity contribution in [2.24, 2.45) is 0 Å². The van der Waals surface area contributed by atoms with Crippen LogP contribution in [0, 0.1) is 5.82 Å². The Bertz CT molecular complexity index is 1680. The Morgan fingerprint density at radius 3 is 2.56 bits per heavy atom. The fourth-order valence-corrected chi connectivity index (χ4v) is 6.00. The number of carboxylic acids is 1. The molecule has 1 unspecified atom stereocenters. The minimum atomic E-state index is -1.14. The summed E-state index contributed by atoms with van der Waals surface area (Å²) in [6.45, 7) is 5.03. The molecule has 0 saturated carbocycles. The van der Waals surface area contributed by atoms with Gasteiger partial charge in [-0.2, -0.15) is 0 Å². The largest absolute Gasteiger partial charge is 0.494 e. The molecule has 1 atom stereocenters. The number of methoxy groups -OCH3 is 2. The van der Waals surface area contributed by atoms with Crippen LogP contribution in [0.3, 0.4) is 0 Å². The van der Waals surface area contributed by atoms with E-state index in [9.17, 15) is 14.3 Å². The first kappa shape index (κ1) is 31.7. The third-order valence-corrected chi connectivity index (χ3v) is 8.27. The van der Waals surface area contributed by atoms with Crippen molar-refractivity contribution in [3.8, 4) is 17.2 Å². The van der Waals surface area contributed by atoms with E-state index in [2.05, 4.69) is 15.5 Å². The zero-order chi connectivity index (χ0) is 32.1. The van der Waals surface area contributed by atoms with Crippen molar-refractivity contribution in [1.82, 2.24) is 14.5 Å². The molecule has 1 fully saturated rings. The summed E-state index contributed by atoms with van der Waals surface area (Å²) in [5.41, 5.74) is 3.48. The third kappa shape index (κ3) is 6.57. The van der Waals surface area contributed by atoms with Gasteiger partial charge in [-0.15, -0.1) is 0 Å². The van der Waals surface area contributed by atoms with Gasteiger partial charge in [0.2, 0.25) is 0 Å². The molecule has 2 aliphatic rings. The zero-order valence-corrected chi connectivity index (χ0v) is 25.4.